The number of nitrogens with zero attached hydrogens (tertiary/aromatic N) is 2. The Morgan fingerprint density at radius 3 is 2.09 bits per heavy atom. The predicted molar refractivity (Wildman–Crippen MR) is 186 cm³/mol. The van der Waals surface area contributed by atoms with Gasteiger partial charge in [-0.25, -0.2) is 8.42 Å². The van der Waals surface area contributed by atoms with Crippen molar-refractivity contribution >= 4 is 50.7 Å². The number of unbranched alkanes of at least 4 members (excludes halogenated alkanes) is 1. The highest BCUT2D eigenvalue weighted by Crippen LogP contribution is 2.30. The van der Waals surface area contributed by atoms with E-state index in [0.717, 1.165) is 28.3 Å². The Balaban J connectivity index is 1.84. The molecule has 46 heavy (non-hydrogen) atoms. The molecule has 0 aliphatic carbocycles. The third-order valence-corrected chi connectivity index (χ3v) is 10.2. The molecule has 0 fully saturated rings. The molecule has 0 bridgehead atoms. The highest BCUT2D eigenvalue weighted by Gasteiger charge is 2.35. The monoisotopic (exact) mass is 679 g/mol. The first kappa shape index (κ1) is 35.0. The number of halogens is 2. The molecule has 0 aliphatic heterocycles. The Labute approximate surface area is 282 Å². The zero-order valence-corrected chi connectivity index (χ0v) is 28.6. The van der Waals surface area contributed by atoms with Crippen molar-refractivity contribution in [2.45, 2.75) is 57.5 Å². The van der Waals surface area contributed by atoms with Gasteiger partial charge in [0.1, 0.15) is 12.6 Å². The van der Waals surface area contributed by atoms with Gasteiger partial charge in [-0.3, -0.25) is 13.9 Å². The largest absolute Gasteiger partial charge is 0.354 e. The first-order valence-corrected chi connectivity index (χ1v) is 17.4. The zero-order valence-electron chi connectivity index (χ0n) is 26.2. The number of anilines is 1. The Hall–Kier alpha value is -3.85. The molecule has 2 amide bonds. The number of hydrogen-bond acceptors (Lipinski definition) is 4. The van der Waals surface area contributed by atoms with Crippen molar-refractivity contribution in [2.75, 3.05) is 17.4 Å². The Kier molecular flexibility index (Phi) is 12.3. The van der Waals surface area contributed by atoms with Crippen LogP contribution in [0.3, 0.4) is 0 Å². The summed E-state index contributed by atoms with van der Waals surface area (Å²) < 4.78 is 29.5. The molecule has 0 heterocycles. The molecular formula is C36H39Cl2N3O4S. The lowest BCUT2D eigenvalue weighted by molar-refractivity contribution is -0.140. The Morgan fingerprint density at radius 2 is 1.48 bits per heavy atom. The first-order valence-electron chi connectivity index (χ1n) is 15.2. The van der Waals surface area contributed by atoms with Gasteiger partial charge in [-0.05, 0) is 61.7 Å². The van der Waals surface area contributed by atoms with E-state index in [4.69, 9.17) is 23.2 Å². The van der Waals surface area contributed by atoms with Gasteiger partial charge in [0.15, 0.2) is 0 Å². The average molecular weight is 681 g/mol. The molecule has 4 aromatic rings. The number of sulfonamides is 1. The number of rotatable bonds is 14. The lowest BCUT2D eigenvalue weighted by Gasteiger charge is -2.34. The summed E-state index contributed by atoms with van der Waals surface area (Å²) in [4.78, 5) is 30.0. The number of amides is 2. The summed E-state index contributed by atoms with van der Waals surface area (Å²) in [7, 11) is -4.20. The van der Waals surface area contributed by atoms with Gasteiger partial charge in [-0.15, -0.1) is 0 Å². The summed E-state index contributed by atoms with van der Waals surface area (Å²) in [5.74, 6) is -0.931. The number of carbonyl (C=O) groups excluding carboxylic acids is 2. The van der Waals surface area contributed by atoms with Gasteiger partial charge in [0.25, 0.3) is 10.0 Å². The van der Waals surface area contributed by atoms with Crippen molar-refractivity contribution in [3.05, 3.63) is 129 Å². The summed E-state index contributed by atoms with van der Waals surface area (Å²) in [6.07, 6.45) is 1.84. The first-order chi connectivity index (χ1) is 22.0. The fourth-order valence-corrected chi connectivity index (χ4v) is 7.25. The van der Waals surface area contributed by atoms with Gasteiger partial charge in [0.2, 0.25) is 11.8 Å². The number of aryl methyl sites for hydroxylation is 2. The number of carbonyl (C=O) groups is 2. The van der Waals surface area contributed by atoms with Crippen LogP contribution in [0.15, 0.2) is 102 Å². The van der Waals surface area contributed by atoms with Crippen molar-refractivity contribution in [1.29, 1.82) is 0 Å². The molecule has 4 rings (SSSR count). The van der Waals surface area contributed by atoms with Gasteiger partial charge >= 0.3 is 0 Å². The van der Waals surface area contributed by atoms with Crippen LogP contribution in [0.2, 0.25) is 10.0 Å². The molecule has 0 unspecified atom stereocenters. The van der Waals surface area contributed by atoms with E-state index in [-0.39, 0.29) is 23.8 Å². The van der Waals surface area contributed by atoms with Crippen LogP contribution in [0.25, 0.3) is 0 Å². The van der Waals surface area contributed by atoms with E-state index >= 15 is 0 Å². The minimum Gasteiger partial charge on any atom is -0.354 e. The van der Waals surface area contributed by atoms with Crippen LogP contribution in [-0.4, -0.2) is 44.3 Å². The smallest absolute Gasteiger partial charge is 0.264 e. The van der Waals surface area contributed by atoms with Gasteiger partial charge in [-0.2, -0.15) is 0 Å². The van der Waals surface area contributed by atoms with Crippen molar-refractivity contribution in [3.8, 4) is 0 Å². The number of hydrogen-bond donors (Lipinski definition) is 1. The second-order valence-electron chi connectivity index (χ2n) is 11.2. The molecule has 1 atom stereocenters. The summed E-state index contributed by atoms with van der Waals surface area (Å²) in [5.41, 5.74) is 3.30. The van der Waals surface area contributed by atoms with Crippen LogP contribution >= 0.6 is 23.2 Å². The fourth-order valence-electron chi connectivity index (χ4n) is 5.23. The summed E-state index contributed by atoms with van der Waals surface area (Å²) >= 11 is 13.2. The van der Waals surface area contributed by atoms with E-state index in [9.17, 15) is 18.0 Å². The minimum atomic E-state index is -4.20. The van der Waals surface area contributed by atoms with Crippen LogP contribution in [-0.2, 0) is 32.6 Å². The van der Waals surface area contributed by atoms with Crippen LogP contribution in [0.4, 0.5) is 5.69 Å². The highest BCUT2D eigenvalue weighted by molar-refractivity contribution is 7.92. The van der Waals surface area contributed by atoms with Crippen LogP contribution in [0, 0.1) is 13.8 Å². The van der Waals surface area contributed by atoms with Gasteiger partial charge < -0.3 is 10.2 Å². The molecule has 0 spiro atoms. The normalized spacial score (nSPS) is 11.9. The zero-order chi connectivity index (χ0) is 33.3. The summed E-state index contributed by atoms with van der Waals surface area (Å²) in [6.45, 7) is 5.52. The topological polar surface area (TPSA) is 86.8 Å². The SMILES string of the molecule is CCCCNC(=O)[C@@H](Cc1ccccc1)N(Cc1c(Cl)cccc1Cl)C(=O)CN(c1ccc(C)cc1C)S(=O)(=O)c1ccccc1. The second kappa shape index (κ2) is 16.1. The predicted octanol–water partition coefficient (Wildman–Crippen LogP) is 7.36. The fraction of sp³-hybridized carbons (Fsp3) is 0.278. The van der Waals surface area contributed by atoms with Crippen LogP contribution in [0.1, 0.15) is 42.0 Å². The van der Waals surface area contributed by atoms with Crippen molar-refractivity contribution < 1.29 is 18.0 Å². The molecule has 0 saturated heterocycles. The maximum Gasteiger partial charge on any atom is 0.264 e. The molecule has 0 saturated carbocycles. The standard InChI is InChI=1S/C36H39Cl2N3O4S/c1-4-5-21-39-36(43)34(23-28-13-8-6-9-14-28)40(24-30-31(37)17-12-18-32(30)38)35(42)25-41(33-20-19-26(2)22-27(33)3)46(44,45)29-15-10-7-11-16-29/h6-20,22,34H,4-5,21,23-25H2,1-3H3,(H,39,43)/t34-/m1/s1. The third-order valence-electron chi connectivity index (χ3n) is 7.72. The number of benzene rings is 4. The van der Waals surface area contributed by atoms with E-state index in [1.165, 1.54) is 17.0 Å². The van der Waals surface area contributed by atoms with E-state index in [1.54, 1.807) is 55.5 Å². The lowest BCUT2D eigenvalue weighted by atomic mass is 10.0. The van der Waals surface area contributed by atoms with Crippen molar-refractivity contribution in [1.82, 2.24) is 10.2 Å². The van der Waals surface area contributed by atoms with Crippen LogP contribution < -0.4 is 9.62 Å². The third kappa shape index (κ3) is 8.69. The molecule has 0 radical (unpaired) electrons. The summed E-state index contributed by atoms with van der Waals surface area (Å²) in [5, 5.41) is 3.64. The van der Waals surface area contributed by atoms with Crippen LogP contribution in [0.5, 0.6) is 0 Å². The molecular weight excluding hydrogens is 641 g/mol. The maximum absolute atomic E-state index is 14.6. The van der Waals surface area contributed by atoms with E-state index in [1.807, 2.05) is 50.2 Å². The van der Waals surface area contributed by atoms with Crippen molar-refractivity contribution in [2.24, 2.45) is 0 Å². The average Bonchev–Trinajstić information content (AvgIpc) is 3.04. The molecule has 242 valence electrons. The quantitative estimate of drug-likeness (QED) is 0.141. The van der Waals surface area contributed by atoms with Gasteiger partial charge in [-0.1, -0.05) is 109 Å². The van der Waals surface area contributed by atoms with Crippen molar-refractivity contribution in [3.63, 3.8) is 0 Å². The number of nitrogens with one attached hydrogen (secondary N) is 1. The molecule has 1 N–H and O–H groups in total. The molecule has 10 heteroatoms. The molecule has 0 aromatic heterocycles. The van der Waals surface area contributed by atoms with E-state index in [0.29, 0.717) is 33.4 Å². The summed E-state index contributed by atoms with van der Waals surface area (Å²) in [6, 6.07) is 26.8. The second-order valence-corrected chi connectivity index (χ2v) is 13.9. The molecule has 4 aromatic carbocycles. The van der Waals surface area contributed by atoms with E-state index < -0.39 is 28.5 Å². The maximum atomic E-state index is 14.6. The van der Waals surface area contributed by atoms with E-state index in [2.05, 4.69) is 5.32 Å². The highest BCUT2D eigenvalue weighted by atomic mass is 35.5. The minimum absolute atomic E-state index is 0.0432. The Bertz CT molecular complexity index is 1730. The molecule has 0 aliphatic rings. The lowest BCUT2D eigenvalue weighted by Crippen LogP contribution is -2.53. The van der Waals surface area contributed by atoms with Gasteiger partial charge in [0, 0.05) is 35.1 Å². The Morgan fingerprint density at radius 1 is 0.848 bits per heavy atom. The molecule has 7 nitrogen and oxygen atoms in total. The van der Waals surface area contributed by atoms with Gasteiger partial charge in [0.05, 0.1) is 10.6 Å².